The summed E-state index contributed by atoms with van der Waals surface area (Å²) >= 11 is 0. The van der Waals surface area contributed by atoms with Crippen molar-refractivity contribution in [1.29, 1.82) is 0 Å². The van der Waals surface area contributed by atoms with Gasteiger partial charge in [0.2, 0.25) is 5.95 Å². The molecule has 0 bridgehead atoms. The summed E-state index contributed by atoms with van der Waals surface area (Å²) in [6, 6.07) is 8.03. The van der Waals surface area contributed by atoms with E-state index in [1.807, 2.05) is 18.2 Å². The van der Waals surface area contributed by atoms with Gasteiger partial charge >= 0.3 is 0 Å². The summed E-state index contributed by atoms with van der Waals surface area (Å²) in [5.41, 5.74) is 6.95. The number of hydrogen-bond donors (Lipinski definition) is 1. The molecule has 20 heavy (non-hydrogen) atoms. The van der Waals surface area contributed by atoms with Crippen LogP contribution in [0.3, 0.4) is 0 Å². The lowest BCUT2D eigenvalue weighted by atomic mass is 9.92. The van der Waals surface area contributed by atoms with Crippen LogP contribution in [0.5, 0.6) is 5.75 Å². The second-order valence-electron chi connectivity index (χ2n) is 5.29. The predicted molar refractivity (Wildman–Crippen MR) is 76.7 cm³/mol. The zero-order valence-corrected chi connectivity index (χ0v) is 11.7. The first kappa shape index (κ1) is 12.8. The summed E-state index contributed by atoms with van der Waals surface area (Å²) in [7, 11) is 0. The van der Waals surface area contributed by atoms with Crippen molar-refractivity contribution >= 4 is 5.95 Å². The van der Waals surface area contributed by atoms with Gasteiger partial charge in [0.15, 0.2) is 0 Å². The molecule has 2 N–H and O–H groups in total. The minimum Gasteiger partial charge on any atom is -0.493 e. The summed E-state index contributed by atoms with van der Waals surface area (Å²) in [5.74, 6) is 3.06. The molecule has 0 saturated heterocycles. The first-order valence-electron chi connectivity index (χ1n) is 6.88. The van der Waals surface area contributed by atoms with Crippen molar-refractivity contribution in [3.63, 3.8) is 0 Å². The average Bonchev–Trinajstić information content (AvgIpc) is 2.46. The minimum atomic E-state index is 0.128. The van der Waals surface area contributed by atoms with Gasteiger partial charge in [-0.25, -0.2) is 4.98 Å². The highest BCUT2D eigenvalue weighted by Gasteiger charge is 2.26. The standard InChI is InChI=1S/C15H18N4O/c1-9(2)13-17-14(19-15(16)18-13)11-7-8-20-12-6-4-3-5-10(11)12/h3-6,9,11H,7-8H2,1-2H3,(H2,16,17,18,19). The van der Waals surface area contributed by atoms with Crippen molar-refractivity contribution in [1.82, 2.24) is 15.0 Å². The Morgan fingerprint density at radius 2 is 2.00 bits per heavy atom. The number of fused-ring (bicyclic) bond motifs is 1. The van der Waals surface area contributed by atoms with Gasteiger partial charge in [0.1, 0.15) is 17.4 Å². The summed E-state index contributed by atoms with van der Waals surface area (Å²) in [4.78, 5) is 13.1. The third kappa shape index (κ3) is 2.31. The maximum absolute atomic E-state index is 5.83. The Kier molecular flexibility index (Phi) is 3.26. The molecule has 0 saturated carbocycles. The molecule has 3 rings (SSSR count). The van der Waals surface area contributed by atoms with Crippen LogP contribution >= 0.6 is 0 Å². The van der Waals surface area contributed by atoms with Crippen LogP contribution in [0.1, 0.15) is 49.3 Å². The van der Waals surface area contributed by atoms with Crippen LogP contribution in [0.4, 0.5) is 5.95 Å². The highest BCUT2D eigenvalue weighted by Crippen LogP contribution is 2.36. The van der Waals surface area contributed by atoms with Crippen LogP contribution in [-0.2, 0) is 0 Å². The third-order valence-corrected chi connectivity index (χ3v) is 3.47. The van der Waals surface area contributed by atoms with Gasteiger partial charge < -0.3 is 10.5 Å². The Balaban J connectivity index is 2.06. The molecular weight excluding hydrogens is 252 g/mol. The molecule has 0 spiro atoms. The van der Waals surface area contributed by atoms with E-state index in [1.54, 1.807) is 0 Å². The number of hydrogen-bond acceptors (Lipinski definition) is 5. The van der Waals surface area contributed by atoms with Crippen molar-refractivity contribution in [2.75, 3.05) is 12.3 Å². The molecule has 1 atom stereocenters. The Labute approximate surface area is 118 Å². The Bertz CT molecular complexity index is 627. The van der Waals surface area contributed by atoms with Crippen molar-refractivity contribution in [2.45, 2.75) is 32.1 Å². The number of anilines is 1. The quantitative estimate of drug-likeness (QED) is 0.907. The first-order chi connectivity index (χ1) is 9.65. The van der Waals surface area contributed by atoms with Crippen molar-refractivity contribution in [3.8, 4) is 5.75 Å². The molecule has 1 aliphatic heterocycles. The second-order valence-corrected chi connectivity index (χ2v) is 5.29. The van der Waals surface area contributed by atoms with E-state index in [-0.39, 0.29) is 11.8 Å². The van der Waals surface area contributed by atoms with Crippen molar-refractivity contribution in [2.24, 2.45) is 0 Å². The molecule has 0 radical (unpaired) electrons. The zero-order chi connectivity index (χ0) is 14.1. The zero-order valence-electron chi connectivity index (χ0n) is 11.7. The van der Waals surface area contributed by atoms with Gasteiger partial charge in [-0.05, 0) is 12.5 Å². The number of rotatable bonds is 2. The molecular formula is C15H18N4O. The number of nitrogens with zero attached hydrogens (tertiary/aromatic N) is 3. The van der Waals surface area contributed by atoms with E-state index in [0.717, 1.165) is 29.4 Å². The van der Waals surface area contributed by atoms with Crippen LogP contribution < -0.4 is 10.5 Å². The fraction of sp³-hybridized carbons (Fsp3) is 0.400. The second kappa shape index (κ2) is 5.07. The maximum Gasteiger partial charge on any atom is 0.223 e. The van der Waals surface area contributed by atoms with Gasteiger partial charge in [-0.15, -0.1) is 0 Å². The first-order valence-corrected chi connectivity index (χ1v) is 6.88. The molecule has 0 aliphatic carbocycles. The van der Waals surface area contributed by atoms with Crippen LogP contribution in [0.2, 0.25) is 0 Å². The van der Waals surface area contributed by atoms with Gasteiger partial charge in [0.05, 0.1) is 12.5 Å². The van der Waals surface area contributed by atoms with E-state index in [9.17, 15) is 0 Å². The predicted octanol–water partition coefficient (Wildman–Crippen LogP) is 2.49. The Morgan fingerprint density at radius 3 is 2.80 bits per heavy atom. The largest absolute Gasteiger partial charge is 0.493 e. The third-order valence-electron chi connectivity index (χ3n) is 3.47. The highest BCUT2D eigenvalue weighted by atomic mass is 16.5. The molecule has 0 fully saturated rings. The molecule has 1 unspecified atom stereocenters. The molecule has 5 heteroatoms. The lowest BCUT2D eigenvalue weighted by Gasteiger charge is -2.25. The Hall–Kier alpha value is -2.17. The molecule has 2 aromatic rings. The van der Waals surface area contributed by atoms with E-state index in [4.69, 9.17) is 10.5 Å². The van der Waals surface area contributed by atoms with Crippen molar-refractivity contribution in [3.05, 3.63) is 41.5 Å². The van der Waals surface area contributed by atoms with Crippen LogP contribution in [0, 0.1) is 0 Å². The molecule has 1 aromatic heterocycles. The van der Waals surface area contributed by atoms with Gasteiger partial charge in [-0.3, -0.25) is 0 Å². The lowest BCUT2D eigenvalue weighted by Crippen LogP contribution is -2.19. The highest BCUT2D eigenvalue weighted by molar-refractivity contribution is 5.41. The van der Waals surface area contributed by atoms with E-state index in [2.05, 4.69) is 34.9 Å². The number of nitrogens with two attached hydrogens (primary N) is 1. The van der Waals surface area contributed by atoms with Gasteiger partial charge in [0, 0.05) is 11.5 Å². The summed E-state index contributed by atoms with van der Waals surface area (Å²) in [5, 5.41) is 0. The average molecular weight is 270 g/mol. The maximum atomic E-state index is 5.83. The molecule has 104 valence electrons. The normalized spacial score (nSPS) is 17.6. The van der Waals surface area contributed by atoms with Gasteiger partial charge in [-0.1, -0.05) is 32.0 Å². The molecule has 1 aliphatic rings. The fourth-order valence-electron chi connectivity index (χ4n) is 2.45. The number of para-hydroxylation sites is 1. The van der Waals surface area contributed by atoms with E-state index in [1.165, 1.54) is 0 Å². The number of ether oxygens (including phenoxy) is 1. The SMILES string of the molecule is CC(C)c1nc(N)nc(C2CCOc3ccccc32)n1. The fourth-order valence-corrected chi connectivity index (χ4v) is 2.45. The number of aromatic nitrogens is 3. The lowest BCUT2D eigenvalue weighted by molar-refractivity contribution is 0.274. The molecule has 2 heterocycles. The topological polar surface area (TPSA) is 73.9 Å². The van der Waals surface area contributed by atoms with E-state index < -0.39 is 0 Å². The van der Waals surface area contributed by atoms with Crippen LogP contribution in [-0.4, -0.2) is 21.6 Å². The van der Waals surface area contributed by atoms with Crippen LogP contribution in [0.25, 0.3) is 0 Å². The molecule has 0 amide bonds. The van der Waals surface area contributed by atoms with Gasteiger partial charge in [0.25, 0.3) is 0 Å². The van der Waals surface area contributed by atoms with Crippen LogP contribution in [0.15, 0.2) is 24.3 Å². The molecule has 5 nitrogen and oxygen atoms in total. The summed E-state index contributed by atoms with van der Waals surface area (Å²) < 4.78 is 5.68. The minimum absolute atomic E-state index is 0.128. The number of nitrogen functional groups attached to an aromatic ring is 1. The van der Waals surface area contributed by atoms with E-state index in [0.29, 0.717) is 12.6 Å². The molecule has 1 aromatic carbocycles. The van der Waals surface area contributed by atoms with E-state index >= 15 is 0 Å². The Morgan fingerprint density at radius 1 is 1.20 bits per heavy atom. The number of benzene rings is 1. The van der Waals surface area contributed by atoms with Crippen molar-refractivity contribution < 1.29 is 4.74 Å². The van der Waals surface area contributed by atoms with Gasteiger partial charge in [-0.2, -0.15) is 9.97 Å². The summed E-state index contributed by atoms with van der Waals surface area (Å²) in [6.45, 7) is 4.78. The smallest absolute Gasteiger partial charge is 0.223 e. The monoisotopic (exact) mass is 270 g/mol. The summed E-state index contributed by atoms with van der Waals surface area (Å²) in [6.07, 6.45) is 0.859.